The molecule has 0 aromatic rings. The molecule has 2 fully saturated rings. The van der Waals surface area contributed by atoms with Gasteiger partial charge < -0.3 is 10.6 Å². The molecule has 2 N–H and O–H groups in total. The molecule has 2 rings (SSSR count). The highest BCUT2D eigenvalue weighted by molar-refractivity contribution is 5.76. The first-order valence-electron chi connectivity index (χ1n) is 7.74. The second-order valence-corrected chi connectivity index (χ2v) is 6.13. The van der Waals surface area contributed by atoms with Crippen molar-refractivity contribution in [2.24, 2.45) is 17.6 Å². The molecule has 3 heteroatoms. The average molecular weight is 252 g/mol. The molecule has 0 radical (unpaired) electrons. The molecule has 3 nitrogen and oxygen atoms in total. The first kappa shape index (κ1) is 13.9. The zero-order valence-corrected chi connectivity index (χ0v) is 11.7. The van der Waals surface area contributed by atoms with Crippen LogP contribution in [0.5, 0.6) is 0 Å². The zero-order chi connectivity index (χ0) is 13.0. The summed E-state index contributed by atoms with van der Waals surface area (Å²) in [5, 5.41) is 0. The number of carbonyl (C=O) groups excluding carboxylic acids is 1. The predicted octanol–water partition coefficient (Wildman–Crippen LogP) is 2.54. The van der Waals surface area contributed by atoms with Crippen molar-refractivity contribution < 1.29 is 4.79 Å². The zero-order valence-electron chi connectivity index (χ0n) is 11.7. The van der Waals surface area contributed by atoms with E-state index >= 15 is 0 Å². The van der Waals surface area contributed by atoms with Gasteiger partial charge in [0.2, 0.25) is 5.91 Å². The summed E-state index contributed by atoms with van der Waals surface area (Å²) in [5.74, 6) is 1.79. The molecule has 2 aliphatic rings. The largest absolute Gasteiger partial charge is 0.343 e. The first-order valence-corrected chi connectivity index (χ1v) is 7.74. The molecule has 1 saturated carbocycles. The Kier molecular flexibility index (Phi) is 5.04. The fraction of sp³-hybridized carbons (Fsp3) is 0.933. The monoisotopic (exact) mass is 252 g/mol. The van der Waals surface area contributed by atoms with Gasteiger partial charge in [-0.2, -0.15) is 0 Å². The summed E-state index contributed by atoms with van der Waals surface area (Å²) in [6, 6.07) is 0.385. The summed E-state index contributed by atoms with van der Waals surface area (Å²) in [6.45, 7) is 4.15. The number of hydrogen-bond donors (Lipinski definition) is 1. The molecule has 18 heavy (non-hydrogen) atoms. The van der Waals surface area contributed by atoms with Crippen molar-refractivity contribution in [3.8, 4) is 0 Å². The van der Waals surface area contributed by atoms with Crippen LogP contribution < -0.4 is 5.73 Å². The molecule has 0 spiro atoms. The summed E-state index contributed by atoms with van der Waals surface area (Å²) in [4.78, 5) is 14.2. The van der Waals surface area contributed by atoms with Gasteiger partial charge in [-0.3, -0.25) is 4.79 Å². The smallest absolute Gasteiger partial charge is 0.222 e. The molecule has 1 aliphatic heterocycles. The number of amides is 1. The Morgan fingerprint density at radius 3 is 2.78 bits per heavy atom. The van der Waals surface area contributed by atoms with E-state index in [1.54, 1.807) is 0 Å². The Hall–Kier alpha value is -0.570. The van der Waals surface area contributed by atoms with Crippen LogP contribution >= 0.6 is 0 Å². The number of likely N-dealkylation sites (tertiary alicyclic amines) is 1. The quantitative estimate of drug-likeness (QED) is 0.835. The van der Waals surface area contributed by atoms with Gasteiger partial charge >= 0.3 is 0 Å². The van der Waals surface area contributed by atoms with Crippen LogP contribution in [0.4, 0.5) is 0 Å². The first-order chi connectivity index (χ1) is 8.70. The minimum Gasteiger partial charge on any atom is -0.343 e. The fourth-order valence-corrected chi connectivity index (χ4v) is 3.48. The van der Waals surface area contributed by atoms with Crippen LogP contribution in [-0.4, -0.2) is 29.9 Å². The van der Waals surface area contributed by atoms with Crippen molar-refractivity contribution >= 4 is 5.91 Å². The van der Waals surface area contributed by atoms with Crippen molar-refractivity contribution in [3.63, 3.8) is 0 Å². The third kappa shape index (κ3) is 3.47. The van der Waals surface area contributed by atoms with Crippen molar-refractivity contribution in [1.82, 2.24) is 4.90 Å². The highest BCUT2D eigenvalue weighted by Crippen LogP contribution is 2.28. The molecular weight excluding hydrogens is 224 g/mol. The van der Waals surface area contributed by atoms with Crippen LogP contribution in [0.2, 0.25) is 0 Å². The van der Waals surface area contributed by atoms with E-state index in [9.17, 15) is 4.79 Å². The normalized spacial score (nSPS) is 33.8. The van der Waals surface area contributed by atoms with E-state index in [1.165, 1.54) is 32.1 Å². The van der Waals surface area contributed by atoms with Gasteiger partial charge in [0.05, 0.1) is 0 Å². The van der Waals surface area contributed by atoms with Gasteiger partial charge in [-0.1, -0.05) is 19.8 Å². The molecule has 0 bridgehead atoms. The molecular formula is C15H28N2O. The number of carbonyl (C=O) groups is 1. The summed E-state index contributed by atoms with van der Waals surface area (Å²) in [6.07, 6.45) is 9.09. The number of hydrogen-bond acceptors (Lipinski definition) is 2. The van der Waals surface area contributed by atoms with E-state index in [2.05, 4.69) is 11.8 Å². The Labute approximate surface area is 111 Å². The van der Waals surface area contributed by atoms with Gasteiger partial charge in [0.15, 0.2) is 0 Å². The van der Waals surface area contributed by atoms with Crippen LogP contribution in [0.25, 0.3) is 0 Å². The SMILES string of the molecule is CCC1CCC(=O)N(CCC2CCCC2N)CC1. The Morgan fingerprint density at radius 1 is 1.28 bits per heavy atom. The second-order valence-electron chi connectivity index (χ2n) is 6.13. The van der Waals surface area contributed by atoms with E-state index in [0.29, 0.717) is 17.9 Å². The molecule has 1 amide bonds. The molecule has 0 aromatic carbocycles. The van der Waals surface area contributed by atoms with E-state index in [0.717, 1.165) is 38.3 Å². The lowest BCUT2D eigenvalue weighted by Gasteiger charge is -2.24. The summed E-state index contributed by atoms with van der Waals surface area (Å²) >= 11 is 0. The van der Waals surface area contributed by atoms with Gasteiger partial charge in [0.1, 0.15) is 0 Å². The molecule has 104 valence electrons. The lowest BCUT2D eigenvalue weighted by Crippen LogP contribution is -2.34. The van der Waals surface area contributed by atoms with Crippen LogP contribution in [0.1, 0.15) is 58.3 Å². The van der Waals surface area contributed by atoms with E-state index in [-0.39, 0.29) is 0 Å². The predicted molar refractivity (Wildman–Crippen MR) is 74.1 cm³/mol. The summed E-state index contributed by atoms with van der Waals surface area (Å²) in [7, 11) is 0. The van der Waals surface area contributed by atoms with Crippen molar-refractivity contribution in [2.45, 2.75) is 64.3 Å². The van der Waals surface area contributed by atoms with Crippen LogP contribution in [0.15, 0.2) is 0 Å². The van der Waals surface area contributed by atoms with Crippen LogP contribution in [0, 0.1) is 11.8 Å². The minimum atomic E-state index is 0.373. The molecule has 1 saturated heterocycles. The number of nitrogens with two attached hydrogens (primary N) is 1. The maximum atomic E-state index is 12.1. The van der Waals surface area contributed by atoms with Crippen LogP contribution in [-0.2, 0) is 4.79 Å². The topological polar surface area (TPSA) is 46.3 Å². The van der Waals surface area contributed by atoms with Gasteiger partial charge in [-0.25, -0.2) is 0 Å². The van der Waals surface area contributed by atoms with Gasteiger partial charge in [0, 0.05) is 25.6 Å². The maximum absolute atomic E-state index is 12.1. The summed E-state index contributed by atoms with van der Waals surface area (Å²) < 4.78 is 0. The molecule has 1 aliphatic carbocycles. The van der Waals surface area contributed by atoms with Gasteiger partial charge in [0.25, 0.3) is 0 Å². The third-order valence-corrected chi connectivity index (χ3v) is 4.99. The van der Waals surface area contributed by atoms with E-state index in [1.807, 2.05) is 0 Å². The maximum Gasteiger partial charge on any atom is 0.222 e. The van der Waals surface area contributed by atoms with Crippen molar-refractivity contribution in [3.05, 3.63) is 0 Å². The highest BCUT2D eigenvalue weighted by Gasteiger charge is 2.26. The average Bonchev–Trinajstić information content (AvgIpc) is 2.68. The van der Waals surface area contributed by atoms with Gasteiger partial charge in [-0.05, 0) is 43.9 Å². The lowest BCUT2D eigenvalue weighted by atomic mass is 9.98. The van der Waals surface area contributed by atoms with Crippen molar-refractivity contribution in [2.75, 3.05) is 13.1 Å². The van der Waals surface area contributed by atoms with Crippen molar-refractivity contribution in [1.29, 1.82) is 0 Å². The van der Waals surface area contributed by atoms with Gasteiger partial charge in [-0.15, -0.1) is 0 Å². The Morgan fingerprint density at radius 2 is 2.11 bits per heavy atom. The second kappa shape index (κ2) is 6.55. The standard InChI is InChI=1S/C15H28N2O/c1-2-12-6-7-15(18)17(10-8-12)11-9-13-4-3-5-14(13)16/h12-14H,2-11,16H2,1H3. The van der Waals surface area contributed by atoms with E-state index < -0.39 is 0 Å². The number of nitrogens with zero attached hydrogens (tertiary/aromatic N) is 1. The lowest BCUT2D eigenvalue weighted by molar-refractivity contribution is -0.130. The highest BCUT2D eigenvalue weighted by atomic mass is 16.2. The third-order valence-electron chi connectivity index (χ3n) is 4.99. The fourth-order valence-electron chi connectivity index (χ4n) is 3.48. The summed E-state index contributed by atoms with van der Waals surface area (Å²) in [5.41, 5.74) is 6.10. The minimum absolute atomic E-state index is 0.373. The molecule has 1 heterocycles. The Bertz CT molecular complexity index is 280. The number of rotatable bonds is 4. The Balaban J connectivity index is 1.79. The molecule has 3 atom stereocenters. The van der Waals surface area contributed by atoms with Crippen LogP contribution in [0.3, 0.4) is 0 Å². The molecule has 0 aromatic heterocycles. The molecule has 3 unspecified atom stereocenters. The van der Waals surface area contributed by atoms with E-state index in [4.69, 9.17) is 5.73 Å².